The highest BCUT2D eigenvalue weighted by Gasteiger charge is 2.11. The minimum atomic E-state index is 0.0530. The molecule has 0 heterocycles. The van der Waals surface area contributed by atoms with E-state index in [2.05, 4.69) is 11.8 Å². The van der Waals surface area contributed by atoms with E-state index in [9.17, 15) is 0 Å². The summed E-state index contributed by atoms with van der Waals surface area (Å²) in [6.07, 6.45) is 0.441. The van der Waals surface area contributed by atoms with Crippen molar-refractivity contribution >= 4 is 0 Å². The molecule has 0 aliphatic heterocycles. The summed E-state index contributed by atoms with van der Waals surface area (Å²) in [5.41, 5.74) is 0.757. The highest BCUT2D eigenvalue weighted by atomic mass is 16.5. The third-order valence-electron chi connectivity index (χ3n) is 2.13. The first-order chi connectivity index (χ1) is 8.26. The van der Waals surface area contributed by atoms with Crippen LogP contribution in [0.25, 0.3) is 0 Å². The Labute approximate surface area is 101 Å². The summed E-state index contributed by atoms with van der Waals surface area (Å²) in [5.74, 6) is 7.44. The van der Waals surface area contributed by atoms with Crippen molar-refractivity contribution in [1.29, 1.82) is 0 Å². The molecular formula is C13H16O4. The molecule has 1 rings (SSSR count). The fourth-order valence-electron chi connectivity index (χ4n) is 1.37. The lowest BCUT2D eigenvalue weighted by atomic mass is 10.2. The van der Waals surface area contributed by atoms with Crippen molar-refractivity contribution in [3.63, 3.8) is 0 Å². The maximum atomic E-state index is 8.66. The first-order valence-electron chi connectivity index (χ1n) is 5.16. The first kappa shape index (κ1) is 13.2. The van der Waals surface area contributed by atoms with Crippen LogP contribution in [0, 0.1) is 11.8 Å². The average Bonchev–Trinajstić information content (AvgIpc) is 2.37. The van der Waals surface area contributed by atoms with E-state index in [1.165, 1.54) is 0 Å². The number of aliphatic hydroxyl groups excluding tert-OH is 1. The second-order valence-electron chi connectivity index (χ2n) is 3.19. The van der Waals surface area contributed by atoms with Gasteiger partial charge in [0.15, 0.2) is 11.5 Å². The van der Waals surface area contributed by atoms with Crippen molar-refractivity contribution in [2.45, 2.75) is 6.42 Å². The molecule has 0 aliphatic carbocycles. The molecule has 0 aliphatic rings. The van der Waals surface area contributed by atoms with Gasteiger partial charge in [-0.3, -0.25) is 0 Å². The number of benzene rings is 1. The van der Waals surface area contributed by atoms with Crippen LogP contribution < -0.4 is 14.2 Å². The molecule has 0 unspecified atom stereocenters. The molecule has 4 nitrogen and oxygen atoms in total. The number of ether oxygens (including phenoxy) is 3. The fraction of sp³-hybridized carbons (Fsp3) is 0.385. The van der Waals surface area contributed by atoms with Crippen molar-refractivity contribution in [2.24, 2.45) is 0 Å². The van der Waals surface area contributed by atoms with Crippen LogP contribution in [0.3, 0.4) is 0 Å². The third-order valence-corrected chi connectivity index (χ3v) is 2.13. The topological polar surface area (TPSA) is 47.9 Å². The Hall–Kier alpha value is -1.86. The third kappa shape index (κ3) is 3.30. The minimum Gasteiger partial charge on any atom is -0.493 e. The smallest absolute Gasteiger partial charge is 0.203 e. The Morgan fingerprint density at radius 2 is 1.65 bits per heavy atom. The quantitative estimate of drug-likeness (QED) is 0.804. The second kappa shape index (κ2) is 6.66. The van der Waals surface area contributed by atoms with Gasteiger partial charge < -0.3 is 19.3 Å². The number of hydrogen-bond acceptors (Lipinski definition) is 4. The lowest BCUT2D eigenvalue weighted by molar-refractivity contribution is 0.305. The van der Waals surface area contributed by atoms with Crippen molar-refractivity contribution in [3.8, 4) is 29.1 Å². The lowest BCUT2D eigenvalue weighted by Crippen LogP contribution is -1.95. The molecule has 0 spiro atoms. The zero-order chi connectivity index (χ0) is 12.7. The molecule has 0 bridgehead atoms. The number of hydrogen-bond donors (Lipinski definition) is 1. The molecule has 92 valence electrons. The average molecular weight is 236 g/mol. The van der Waals surface area contributed by atoms with Crippen LogP contribution >= 0.6 is 0 Å². The molecule has 1 aromatic carbocycles. The molecule has 0 amide bonds. The van der Waals surface area contributed by atoms with E-state index in [1.54, 1.807) is 33.5 Å². The van der Waals surface area contributed by atoms with Crippen LogP contribution in [0.2, 0.25) is 0 Å². The lowest BCUT2D eigenvalue weighted by Gasteiger charge is -2.12. The fourth-order valence-corrected chi connectivity index (χ4v) is 1.37. The van der Waals surface area contributed by atoms with E-state index in [-0.39, 0.29) is 6.61 Å². The summed E-state index contributed by atoms with van der Waals surface area (Å²) >= 11 is 0. The van der Waals surface area contributed by atoms with Crippen LogP contribution in [0.15, 0.2) is 12.1 Å². The maximum absolute atomic E-state index is 8.66. The second-order valence-corrected chi connectivity index (χ2v) is 3.19. The first-order valence-corrected chi connectivity index (χ1v) is 5.16. The highest BCUT2D eigenvalue weighted by molar-refractivity contribution is 5.57. The Balaban J connectivity index is 3.14. The molecule has 1 aromatic rings. The van der Waals surface area contributed by atoms with E-state index < -0.39 is 0 Å². The van der Waals surface area contributed by atoms with E-state index >= 15 is 0 Å². The van der Waals surface area contributed by atoms with Crippen LogP contribution in [0.5, 0.6) is 17.2 Å². The van der Waals surface area contributed by atoms with E-state index in [1.807, 2.05) is 0 Å². The maximum Gasteiger partial charge on any atom is 0.203 e. The molecule has 0 fully saturated rings. The van der Waals surface area contributed by atoms with Gasteiger partial charge in [-0.25, -0.2) is 0 Å². The summed E-state index contributed by atoms with van der Waals surface area (Å²) in [4.78, 5) is 0. The van der Waals surface area contributed by atoms with Gasteiger partial charge in [-0.15, -0.1) is 0 Å². The molecule has 0 atom stereocenters. The van der Waals surface area contributed by atoms with Crippen LogP contribution in [0.1, 0.15) is 12.0 Å². The van der Waals surface area contributed by atoms with Crippen molar-refractivity contribution in [3.05, 3.63) is 17.7 Å². The van der Waals surface area contributed by atoms with Gasteiger partial charge in [-0.05, 0) is 12.1 Å². The van der Waals surface area contributed by atoms with Gasteiger partial charge in [0.25, 0.3) is 0 Å². The Morgan fingerprint density at radius 1 is 1.06 bits per heavy atom. The van der Waals surface area contributed by atoms with Crippen LogP contribution in [-0.4, -0.2) is 33.0 Å². The van der Waals surface area contributed by atoms with Crippen LogP contribution in [-0.2, 0) is 0 Å². The van der Waals surface area contributed by atoms with Gasteiger partial charge >= 0.3 is 0 Å². The highest BCUT2D eigenvalue weighted by Crippen LogP contribution is 2.37. The van der Waals surface area contributed by atoms with Gasteiger partial charge in [-0.2, -0.15) is 0 Å². The van der Waals surface area contributed by atoms with Gasteiger partial charge in [0.05, 0.1) is 27.9 Å². The molecule has 1 N–H and O–H groups in total. The van der Waals surface area contributed by atoms with E-state index in [4.69, 9.17) is 19.3 Å². The molecule has 4 heteroatoms. The monoisotopic (exact) mass is 236 g/mol. The number of methoxy groups -OCH3 is 3. The van der Waals surface area contributed by atoms with Gasteiger partial charge in [-0.1, -0.05) is 11.8 Å². The molecule has 17 heavy (non-hydrogen) atoms. The van der Waals surface area contributed by atoms with Gasteiger partial charge in [0.2, 0.25) is 5.75 Å². The largest absolute Gasteiger partial charge is 0.493 e. The summed E-state index contributed by atoms with van der Waals surface area (Å²) < 4.78 is 15.6. The van der Waals surface area contributed by atoms with E-state index in [0.717, 1.165) is 5.56 Å². The molecule has 0 aromatic heterocycles. The standard InChI is InChI=1S/C13H16O4/c1-15-11-8-10(6-4-5-7-14)9-12(16-2)13(11)17-3/h8-9,14H,5,7H2,1-3H3. The molecule has 0 radical (unpaired) electrons. The predicted molar refractivity (Wildman–Crippen MR) is 64.7 cm³/mol. The molecular weight excluding hydrogens is 220 g/mol. The SMILES string of the molecule is COc1cc(C#CCCO)cc(OC)c1OC. The van der Waals surface area contributed by atoms with Crippen molar-refractivity contribution in [1.82, 2.24) is 0 Å². The summed E-state index contributed by atoms with van der Waals surface area (Å²) in [7, 11) is 4.67. The Bertz CT molecular complexity index is 404. The normalized spacial score (nSPS) is 9.18. The minimum absolute atomic E-state index is 0.0530. The van der Waals surface area contributed by atoms with E-state index in [0.29, 0.717) is 23.7 Å². The van der Waals surface area contributed by atoms with Crippen molar-refractivity contribution in [2.75, 3.05) is 27.9 Å². The molecule has 0 saturated carbocycles. The summed E-state index contributed by atoms with van der Waals surface area (Å²) in [5, 5.41) is 8.66. The molecule has 0 saturated heterocycles. The Morgan fingerprint density at radius 3 is 2.06 bits per heavy atom. The van der Waals surface area contributed by atoms with Gasteiger partial charge in [0, 0.05) is 12.0 Å². The van der Waals surface area contributed by atoms with Gasteiger partial charge in [0.1, 0.15) is 0 Å². The Kier molecular flexibility index (Phi) is 5.18. The van der Waals surface area contributed by atoms with Crippen LogP contribution in [0.4, 0.5) is 0 Å². The number of rotatable bonds is 4. The zero-order valence-corrected chi connectivity index (χ0v) is 10.2. The zero-order valence-electron chi connectivity index (χ0n) is 10.2. The van der Waals surface area contributed by atoms with Crippen molar-refractivity contribution < 1.29 is 19.3 Å². The summed E-state index contributed by atoms with van der Waals surface area (Å²) in [6, 6.07) is 3.54. The summed E-state index contributed by atoms with van der Waals surface area (Å²) in [6.45, 7) is 0.0530. The number of aliphatic hydroxyl groups is 1. The predicted octanol–water partition coefficient (Wildman–Crippen LogP) is 1.45.